The third kappa shape index (κ3) is 3.70. The van der Waals surface area contributed by atoms with E-state index in [9.17, 15) is 9.59 Å². The molecule has 1 atom stereocenters. The maximum absolute atomic E-state index is 12.8. The third-order valence-electron chi connectivity index (χ3n) is 7.23. The summed E-state index contributed by atoms with van der Waals surface area (Å²) in [5.41, 5.74) is 2.94. The molecule has 1 heterocycles. The van der Waals surface area contributed by atoms with Gasteiger partial charge in [-0.25, -0.2) is 0 Å². The summed E-state index contributed by atoms with van der Waals surface area (Å²) >= 11 is 0. The highest BCUT2D eigenvalue weighted by Crippen LogP contribution is 2.52. The molecule has 4 heteroatoms. The number of nitrogens with one attached hydrogen (secondary N) is 1. The molecule has 2 amide bonds. The second kappa shape index (κ2) is 7.88. The number of hydrogen-bond acceptors (Lipinski definition) is 2. The van der Waals surface area contributed by atoms with E-state index in [0.29, 0.717) is 18.2 Å². The van der Waals surface area contributed by atoms with Crippen LogP contribution in [0.25, 0.3) is 0 Å². The lowest BCUT2D eigenvalue weighted by Crippen LogP contribution is -2.46. The summed E-state index contributed by atoms with van der Waals surface area (Å²) < 4.78 is 0. The van der Waals surface area contributed by atoms with Crippen molar-refractivity contribution in [1.29, 1.82) is 0 Å². The van der Waals surface area contributed by atoms with Crippen molar-refractivity contribution in [2.24, 2.45) is 5.92 Å². The molecule has 2 fully saturated rings. The number of hydrogen-bond donors (Lipinski definition) is 1. The number of carbonyl (C=O) groups is 2. The van der Waals surface area contributed by atoms with Gasteiger partial charge in [0.25, 0.3) is 0 Å². The Morgan fingerprint density at radius 2 is 1.82 bits per heavy atom. The summed E-state index contributed by atoms with van der Waals surface area (Å²) in [7, 11) is 0. The van der Waals surface area contributed by atoms with Crippen molar-refractivity contribution in [3.05, 3.63) is 35.4 Å². The van der Waals surface area contributed by atoms with Gasteiger partial charge in [-0.15, -0.1) is 0 Å². The van der Waals surface area contributed by atoms with Crippen molar-refractivity contribution in [1.82, 2.24) is 10.2 Å². The van der Waals surface area contributed by atoms with Crippen LogP contribution in [0.2, 0.25) is 0 Å². The highest BCUT2D eigenvalue weighted by Gasteiger charge is 2.46. The normalized spacial score (nSPS) is 24.0. The van der Waals surface area contributed by atoms with Crippen LogP contribution in [0.5, 0.6) is 0 Å². The summed E-state index contributed by atoms with van der Waals surface area (Å²) in [5.74, 6) is 1.12. The zero-order chi connectivity index (χ0) is 19.7. The number of benzene rings is 1. The lowest BCUT2D eigenvalue weighted by molar-refractivity contribution is -0.137. The van der Waals surface area contributed by atoms with Crippen molar-refractivity contribution < 1.29 is 9.59 Å². The SMILES string of the molecule is CC(C)NC(=O)CC1CC2(CCN(C(=O)C3CCCC3)CC2)c2ccccc21. The number of amides is 2. The van der Waals surface area contributed by atoms with Crippen LogP contribution in [0.3, 0.4) is 0 Å². The molecule has 1 aromatic carbocycles. The zero-order valence-corrected chi connectivity index (χ0v) is 17.4. The molecule has 2 aliphatic carbocycles. The Labute approximate surface area is 169 Å². The quantitative estimate of drug-likeness (QED) is 0.851. The van der Waals surface area contributed by atoms with Gasteiger partial charge < -0.3 is 10.2 Å². The number of carbonyl (C=O) groups excluding carboxylic acids is 2. The third-order valence-corrected chi connectivity index (χ3v) is 7.23. The standard InChI is InChI=1S/C24H34N2O2/c1-17(2)25-22(27)15-19-16-24(21-10-6-5-9-20(19)21)11-13-26(14-12-24)23(28)18-7-3-4-8-18/h5-6,9-10,17-19H,3-4,7-8,11-16H2,1-2H3,(H,25,27). The fraction of sp³-hybridized carbons (Fsp3) is 0.667. The molecule has 1 saturated heterocycles. The number of rotatable bonds is 4. The molecule has 0 bridgehead atoms. The van der Waals surface area contributed by atoms with E-state index < -0.39 is 0 Å². The second-order valence-corrected chi connectivity index (χ2v) is 9.50. The Kier molecular flexibility index (Phi) is 5.48. The minimum Gasteiger partial charge on any atom is -0.354 e. The monoisotopic (exact) mass is 382 g/mol. The highest BCUT2D eigenvalue weighted by atomic mass is 16.2. The van der Waals surface area contributed by atoms with Gasteiger partial charge in [0.15, 0.2) is 0 Å². The molecule has 4 nitrogen and oxygen atoms in total. The maximum Gasteiger partial charge on any atom is 0.225 e. The van der Waals surface area contributed by atoms with Crippen LogP contribution >= 0.6 is 0 Å². The summed E-state index contributed by atoms with van der Waals surface area (Å²) in [4.78, 5) is 27.4. The number of piperidine rings is 1. The van der Waals surface area contributed by atoms with E-state index in [-0.39, 0.29) is 23.3 Å². The molecular formula is C24H34N2O2. The van der Waals surface area contributed by atoms with Gasteiger partial charge in [0, 0.05) is 31.5 Å². The molecule has 1 unspecified atom stereocenters. The molecule has 28 heavy (non-hydrogen) atoms. The lowest BCUT2D eigenvalue weighted by Gasteiger charge is -2.41. The van der Waals surface area contributed by atoms with E-state index in [1.165, 1.54) is 24.0 Å². The number of likely N-dealkylation sites (tertiary alicyclic amines) is 1. The maximum atomic E-state index is 12.8. The minimum absolute atomic E-state index is 0.145. The van der Waals surface area contributed by atoms with E-state index in [1.807, 2.05) is 13.8 Å². The van der Waals surface area contributed by atoms with Crippen LogP contribution in [0.15, 0.2) is 24.3 Å². The van der Waals surface area contributed by atoms with E-state index in [1.54, 1.807) is 0 Å². The molecule has 4 rings (SSSR count). The summed E-state index contributed by atoms with van der Waals surface area (Å²) in [6, 6.07) is 8.90. The largest absolute Gasteiger partial charge is 0.354 e. The van der Waals surface area contributed by atoms with Crippen molar-refractivity contribution in [3.63, 3.8) is 0 Å². The van der Waals surface area contributed by atoms with Gasteiger partial charge in [0.1, 0.15) is 0 Å². The van der Waals surface area contributed by atoms with Crippen molar-refractivity contribution in [2.75, 3.05) is 13.1 Å². The average molecular weight is 383 g/mol. The van der Waals surface area contributed by atoms with Gasteiger partial charge in [-0.05, 0) is 68.4 Å². The zero-order valence-electron chi connectivity index (χ0n) is 17.4. The minimum atomic E-state index is 0.145. The van der Waals surface area contributed by atoms with E-state index >= 15 is 0 Å². The van der Waals surface area contributed by atoms with Gasteiger partial charge in [-0.2, -0.15) is 0 Å². The second-order valence-electron chi connectivity index (χ2n) is 9.50. The summed E-state index contributed by atoms with van der Waals surface area (Å²) in [6.07, 6.45) is 8.26. The average Bonchev–Trinajstić information content (AvgIpc) is 3.30. The van der Waals surface area contributed by atoms with Crippen LogP contribution in [0, 0.1) is 5.92 Å². The van der Waals surface area contributed by atoms with Gasteiger partial charge in [-0.3, -0.25) is 9.59 Å². The Bertz CT molecular complexity index is 728. The summed E-state index contributed by atoms with van der Waals surface area (Å²) in [5, 5.41) is 3.05. The molecular weight excluding hydrogens is 348 g/mol. The van der Waals surface area contributed by atoms with Crippen molar-refractivity contribution in [3.8, 4) is 0 Å². The summed E-state index contributed by atoms with van der Waals surface area (Å²) in [6.45, 7) is 5.77. The van der Waals surface area contributed by atoms with Gasteiger partial charge in [0.2, 0.25) is 11.8 Å². The van der Waals surface area contributed by atoms with Crippen LogP contribution in [0.4, 0.5) is 0 Å². The Balaban J connectivity index is 1.46. The van der Waals surface area contributed by atoms with Crippen LogP contribution < -0.4 is 5.32 Å². The van der Waals surface area contributed by atoms with Gasteiger partial charge in [-0.1, -0.05) is 37.1 Å². The Morgan fingerprint density at radius 1 is 1.14 bits per heavy atom. The molecule has 1 saturated carbocycles. The molecule has 1 N–H and O–H groups in total. The molecule has 0 radical (unpaired) electrons. The predicted molar refractivity (Wildman–Crippen MR) is 111 cm³/mol. The first-order valence-electron chi connectivity index (χ1n) is 11.2. The first-order valence-corrected chi connectivity index (χ1v) is 11.2. The van der Waals surface area contributed by atoms with Crippen LogP contribution in [-0.2, 0) is 15.0 Å². The number of fused-ring (bicyclic) bond motifs is 2. The molecule has 3 aliphatic rings. The molecule has 1 spiro atoms. The molecule has 152 valence electrons. The predicted octanol–water partition coefficient (Wildman–Crippen LogP) is 4.14. The van der Waals surface area contributed by atoms with Crippen LogP contribution in [0.1, 0.15) is 82.3 Å². The van der Waals surface area contributed by atoms with Crippen molar-refractivity contribution in [2.45, 2.75) is 82.6 Å². The fourth-order valence-electron chi connectivity index (χ4n) is 5.87. The van der Waals surface area contributed by atoms with Crippen LogP contribution in [-0.4, -0.2) is 35.8 Å². The fourth-order valence-corrected chi connectivity index (χ4v) is 5.87. The Hall–Kier alpha value is -1.84. The van der Waals surface area contributed by atoms with E-state index in [2.05, 4.69) is 34.5 Å². The topological polar surface area (TPSA) is 49.4 Å². The Morgan fingerprint density at radius 3 is 2.50 bits per heavy atom. The molecule has 0 aromatic heterocycles. The van der Waals surface area contributed by atoms with E-state index in [4.69, 9.17) is 0 Å². The first kappa shape index (κ1) is 19.5. The molecule has 1 aromatic rings. The van der Waals surface area contributed by atoms with Crippen molar-refractivity contribution >= 4 is 11.8 Å². The first-order chi connectivity index (χ1) is 13.5. The molecule has 1 aliphatic heterocycles. The lowest BCUT2D eigenvalue weighted by atomic mass is 9.73. The smallest absolute Gasteiger partial charge is 0.225 e. The number of nitrogens with zero attached hydrogens (tertiary/aromatic N) is 1. The van der Waals surface area contributed by atoms with Gasteiger partial charge >= 0.3 is 0 Å². The van der Waals surface area contributed by atoms with Gasteiger partial charge in [0.05, 0.1) is 0 Å². The van der Waals surface area contributed by atoms with E-state index in [0.717, 1.165) is 45.2 Å². The highest BCUT2D eigenvalue weighted by molar-refractivity contribution is 5.79.